The second-order valence-corrected chi connectivity index (χ2v) is 5.43. The summed E-state index contributed by atoms with van der Waals surface area (Å²) >= 11 is 0. The van der Waals surface area contributed by atoms with Gasteiger partial charge in [0.25, 0.3) is 0 Å². The van der Waals surface area contributed by atoms with Crippen molar-refractivity contribution in [2.24, 2.45) is 0 Å². The molecule has 1 saturated heterocycles. The van der Waals surface area contributed by atoms with Crippen molar-refractivity contribution in [3.63, 3.8) is 0 Å². The largest absolute Gasteiger partial charge is 0.497 e. The first-order valence-electron chi connectivity index (χ1n) is 7.26. The normalized spacial score (nSPS) is 14.6. The van der Waals surface area contributed by atoms with Crippen LogP contribution < -0.4 is 9.47 Å². The summed E-state index contributed by atoms with van der Waals surface area (Å²) in [6, 6.07) is 3.35. The fourth-order valence-corrected chi connectivity index (χ4v) is 2.38. The highest BCUT2D eigenvalue weighted by Crippen LogP contribution is 2.25. The van der Waals surface area contributed by atoms with Crippen molar-refractivity contribution >= 4 is 23.6 Å². The van der Waals surface area contributed by atoms with Crippen molar-refractivity contribution in [2.75, 3.05) is 20.8 Å². The molecule has 8 nitrogen and oxygen atoms in total. The van der Waals surface area contributed by atoms with Gasteiger partial charge in [0.1, 0.15) is 11.5 Å². The predicted molar refractivity (Wildman–Crippen MR) is 83.0 cm³/mol. The number of rotatable bonds is 6. The molecule has 0 spiro atoms. The Balaban J connectivity index is 2.28. The second-order valence-electron chi connectivity index (χ2n) is 5.43. The van der Waals surface area contributed by atoms with Gasteiger partial charge in [-0.25, -0.2) is 9.69 Å². The zero-order chi connectivity index (χ0) is 18.0. The lowest BCUT2D eigenvalue weighted by atomic mass is 10.1. The summed E-state index contributed by atoms with van der Waals surface area (Å²) in [5.41, 5.74) is 0.160. The molecule has 0 saturated carbocycles. The Morgan fingerprint density at radius 2 is 1.75 bits per heavy atom. The third-order valence-corrected chi connectivity index (χ3v) is 3.61. The molecule has 0 aromatic heterocycles. The van der Waals surface area contributed by atoms with Gasteiger partial charge in [-0.3, -0.25) is 19.3 Å². The molecule has 1 aromatic rings. The van der Waals surface area contributed by atoms with Crippen LogP contribution in [0.3, 0.4) is 0 Å². The summed E-state index contributed by atoms with van der Waals surface area (Å²) in [6.45, 7) is 2.68. The van der Waals surface area contributed by atoms with Gasteiger partial charge in [0, 0.05) is 6.04 Å². The summed E-state index contributed by atoms with van der Waals surface area (Å²) in [5.74, 6) is -1.76. The summed E-state index contributed by atoms with van der Waals surface area (Å²) in [5, 5.41) is 0. The molecule has 128 valence electrons. The molecule has 0 aliphatic carbocycles. The van der Waals surface area contributed by atoms with Crippen LogP contribution in [0.25, 0.3) is 0 Å². The maximum absolute atomic E-state index is 12.5. The molecule has 0 N–H and O–H groups in total. The Labute approximate surface area is 138 Å². The fraction of sp³-hybridized carbons (Fsp3) is 0.375. The number of ketones is 1. The van der Waals surface area contributed by atoms with E-state index in [1.807, 2.05) is 0 Å². The minimum atomic E-state index is -1.01. The van der Waals surface area contributed by atoms with Crippen molar-refractivity contribution in [1.29, 1.82) is 0 Å². The van der Waals surface area contributed by atoms with E-state index in [2.05, 4.69) is 0 Å². The maximum atomic E-state index is 12.5. The van der Waals surface area contributed by atoms with Gasteiger partial charge < -0.3 is 9.47 Å². The number of Topliss-reactive ketones (excluding diaryl/α,β-unsaturated/α-hetero) is 1. The van der Waals surface area contributed by atoms with Crippen LogP contribution in [0, 0.1) is 0 Å². The molecule has 1 aliphatic rings. The zero-order valence-corrected chi connectivity index (χ0v) is 13.9. The van der Waals surface area contributed by atoms with Crippen molar-refractivity contribution in [3.05, 3.63) is 23.8 Å². The molecule has 8 heteroatoms. The predicted octanol–water partition coefficient (Wildman–Crippen LogP) is 1.09. The Hall–Kier alpha value is -2.90. The molecule has 1 heterocycles. The van der Waals surface area contributed by atoms with E-state index in [1.54, 1.807) is 26.0 Å². The molecule has 1 aromatic carbocycles. The Kier molecular flexibility index (Phi) is 4.87. The van der Waals surface area contributed by atoms with Gasteiger partial charge in [-0.2, -0.15) is 0 Å². The highest BCUT2D eigenvalue weighted by atomic mass is 16.5. The molecule has 2 rings (SSSR count). The topological polar surface area (TPSA) is 93.2 Å². The summed E-state index contributed by atoms with van der Waals surface area (Å²) in [4.78, 5) is 50.0. The van der Waals surface area contributed by atoms with E-state index in [0.717, 1.165) is 4.90 Å². The number of benzene rings is 1. The van der Waals surface area contributed by atoms with Crippen molar-refractivity contribution in [2.45, 2.75) is 19.9 Å². The maximum Gasteiger partial charge on any atom is 0.334 e. The molecule has 1 fully saturated rings. The summed E-state index contributed by atoms with van der Waals surface area (Å²) in [7, 11) is 2.84. The fourth-order valence-electron chi connectivity index (χ4n) is 2.38. The van der Waals surface area contributed by atoms with Crippen LogP contribution >= 0.6 is 0 Å². The first-order valence-corrected chi connectivity index (χ1v) is 7.26. The summed E-state index contributed by atoms with van der Waals surface area (Å²) in [6.07, 6.45) is 0. The molecule has 1 aliphatic heterocycles. The Morgan fingerprint density at radius 3 is 2.25 bits per heavy atom. The van der Waals surface area contributed by atoms with Crippen LogP contribution in [0.5, 0.6) is 11.5 Å². The lowest BCUT2D eigenvalue weighted by molar-refractivity contribution is -0.143. The van der Waals surface area contributed by atoms with Gasteiger partial charge in [-0.15, -0.1) is 0 Å². The Morgan fingerprint density at radius 1 is 1.08 bits per heavy atom. The number of hydrogen-bond donors (Lipinski definition) is 0. The monoisotopic (exact) mass is 334 g/mol. The van der Waals surface area contributed by atoms with Gasteiger partial charge in [-0.1, -0.05) is 0 Å². The van der Waals surface area contributed by atoms with Crippen LogP contribution in [0.4, 0.5) is 4.79 Å². The number of ether oxygens (including phenoxy) is 2. The minimum Gasteiger partial charge on any atom is -0.497 e. The number of carbonyl (C=O) groups excluding carboxylic acids is 4. The first-order chi connectivity index (χ1) is 11.3. The molecular formula is C16H18N2O6. The standard InChI is InChI=1S/C16H18N2O6/c1-9(2)18-15(21)14(20)17(16(18)22)8-12(19)11-7-10(23-3)5-6-13(11)24-4/h5-7,9H,8H2,1-4H3. The zero-order valence-electron chi connectivity index (χ0n) is 13.9. The number of methoxy groups -OCH3 is 2. The average molecular weight is 334 g/mol. The molecule has 0 radical (unpaired) electrons. The van der Waals surface area contributed by atoms with Crippen LogP contribution in [0.2, 0.25) is 0 Å². The van der Waals surface area contributed by atoms with E-state index in [0.29, 0.717) is 10.6 Å². The van der Waals surface area contributed by atoms with Gasteiger partial charge >= 0.3 is 17.8 Å². The SMILES string of the molecule is COc1ccc(OC)c(C(=O)CN2C(=O)C(=O)N(C(C)C)C2=O)c1. The van der Waals surface area contributed by atoms with Crippen molar-refractivity contribution < 1.29 is 28.7 Å². The van der Waals surface area contributed by atoms with Gasteiger partial charge in [0.05, 0.1) is 26.3 Å². The van der Waals surface area contributed by atoms with E-state index < -0.39 is 36.2 Å². The minimum absolute atomic E-state index is 0.160. The number of nitrogens with zero attached hydrogens (tertiary/aromatic N) is 2. The molecule has 0 bridgehead atoms. The molecule has 24 heavy (non-hydrogen) atoms. The number of carbonyl (C=O) groups is 4. The van der Waals surface area contributed by atoms with E-state index in [-0.39, 0.29) is 11.3 Å². The van der Waals surface area contributed by atoms with Crippen LogP contribution in [-0.2, 0) is 9.59 Å². The van der Waals surface area contributed by atoms with E-state index in [1.165, 1.54) is 20.3 Å². The number of urea groups is 1. The third kappa shape index (κ3) is 2.94. The van der Waals surface area contributed by atoms with E-state index in [4.69, 9.17) is 9.47 Å². The third-order valence-electron chi connectivity index (χ3n) is 3.61. The molecular weight excluding hydrogens is 316 g/mol. The second kappa shape index (κ2) is 6.69. The number of imide groups is 2. The van der Waals surface area contributed by atoms with Gasteiger partial charge in [-0.05, 0) is 32.0 Å². The van der Waals surface area contributed by atoms with Crippen LogP contribution in [-0.4, -0.2) is 60.2 Å². The lowest BCUT2D eigenvalue weighted by Crippen LogP contribution is -2.39. The van der Waals surface area contributed by atoms with Gasteiger partial charge in [0.15, 0.2) is 5.78 Å². The van der Waals surface area contributed by atoms with E-state index in [9.17, 15) is 19.2 Å². The van der Waals surface area contributed by atoms with Crippen molar-refractivity contribution in [3.8, 4) is 11.5 Å². The van der Waals surface area contributed by atoms with Gasteiger partial charge in [0.2, 0.25) is 0 Å². The Bertz CT molecular complexity index is 713. The molecule has 4 amide bonds. The van der Waals surface area contributed by atoms with Crippen molar-refractivity contribution in [1.82, 2.24) is 9.80 Å². The van der Waals surface area contributed by atoms with Crippen LogP contribution in [0.15, 0.2) is 18.2 Å². The molecule has 0 unspecified atom stereocenters. The van der Waals surface area contributed by atoms with E-state index >= 15 is 0 Å². The average Bonchev–Trinajstić information content (AvgIpc) is 2.77. The number of hydrogen-bond acceptors (Lipinski definition) is 6. The summed E-state index contributed by atoms with van der Waals surface area (Å²) < 4.78 is 10.2. The highest BCUT2D eigenvalue weighted by molar-refractivity contribution is 6.45. The van der Waals surface area contributed by atoms with Crippen LogP contribution in [0.1, 0.15) is 24.2 Å². The lowest BCUT2D eigenvalue weighted by Gasteiger charge is -2.18. The first kappa shape index (κ1) is 17.5. The number of amides is 4. The highest BCUT2D eigenvalue weighted by Gasteiger charge is 2.46. The molecule has 0 atom stereocenters. The smallest absolute Gasteiger partial charge is 0.334 e. The quantitative estimate of drug-likeness (QED) is 0.439.